The van der Waals surface area contributed by atoms with Crippen molar-refractivity contribution < 1.29 is 9.59 Å². The van der Waals surface area contributed by atoms with Gasteiger partial charge in [0.15, 0.2) is 0 Å². The molecule has 6 heteroatoms. The summed E-state index contributed by atoms with van der Waals surface area (Å²) in [6, 6.07) is 13.4. The molecule has 2 amide bonds. The summed E-state index contributed by atoms with van der Waals surface area (Å²) < 4.78 is 1.92. The number of nitrogens with zero attached hydrogens (tertiary/aromatic N) is 3. The van der Waals surface area contributed by atoms with Crippen LogP contribution in [0.5, 0.6) is 0 Å². The van der Waals surface area contributed by atoms with Gasteiger partial charge in [-0.1, -0.05) is 24.3 Å². The van der Waals surface area contributed by atoms with E-state index in [1.165, 1.54) is 4.90 Å². The molecular weight excluding hydrogens is 346 g/mol. The fourth-order valence-corrected chi connectivity index (χ4v) is 3.87. The molecule has 0 unspecified atom stereocenters. The molecule has 3 aromatic rings. The fourth-order valence-electron chi connectivity index (χ4n) is 3.06. The minimum absolute atomic E-state index is 0.284. The highest BCUT2D eigenvalue weighted by atomic mass is 32.2. The third-order valence-electron chi connectivity index (χ3n) is 4.69. The molecule has 4 rings (SSSR count). The van der Waals surface area contributed by atoms with Crippen LogP contribution in [0.15, 0.2) is 47.4 Å². The van der Waals surface area contributed by atoms with Crippen molar-refractivity contribution in [2.45, 2.75) is 13.8 Å². The molecular formula is C20H17N3O2S. The Kier molecular flexibility index (Phi) is 3.92. The number of amides is 2. The van der Waals surface area contributed by atoms with Crippen molar-refractivity contribution in [2.75, 3.05) is 4.90 Å². The molecule has 130 valence electrons. The highest BCUT2D eigenvalue weighted by Crippen LogP contribution is 2.37. The Bertz CT molecular complexity index is 1100. The summed E-state index contributed by atoms with van der Waals surface area (Å²) in [5, 5.41) is -0.284. The van der Waals surface area contributed by atoms with Crippen molar-refractivity contribution in [3.8, 4) is 0 Å². The molecule has 26 heavy (non-hydrogen) atoms. The van der Waals surface area contributed by atoms with Crippen LogP contribution >= 0.6 is 11.8 Å². The Labute approximate surface area is 155 Å². The fraction of sp³-hybridized carbons (Fsp3) is 0.150. The maximum absolute atomic E-state index is 12.9. The van der Waals surface area contributed by atoms with E-state index in [2.05, 4.69) is 4.98 Å². The van der Waals surface area contributed by atoms with Crippen LogP contribution in [0.2, 0.25) is 0 Å². The van der Waals surface area contributed by atoms with Crippen LogP contribution in [-0.4, -0.2) is 20.7 Å². The van der Waals surface area contributed by atoms with Gasteiger partial charge in [-0.15, -0.1) is 0 Å². The minimum atomic E-state index is -0.305. The number of thioether (sulfide) groups is 1. The van der Waals surface area contributed by atoms with Crippen LogP contribution in [0.3, 0.4) is 0 Å². The number of hydrogen-bond donors (Lipinski definition) is 0. The zero-order valence-corrected chi connectivity index (χ0v) is 15.5. The SMILES string of the molecule is Cc1cccc(N2C(=O)S/C(=C/c3nc4ccccc4n3C)C2=O)c1C. The maximum Gasteiger partial charge on any atom is 0.298 e. The van der Waals surface area contributed by atoms with Crippen LogP contribution in [0.4, 0.5) is 10.5 Å². The number of anilines is 1. The molecule has 0 atom stereocenters. The van der Waals surface area contributed by atoms with E-state index in [4.69, 9.17) is 0 Å². The molecule has 5 nitrogen and oxygen atoms in total. The first kappa shape index (κ1) is 16.6. The van der Waals surface area contributed by atoms with E-state index in [0.717, 1.165) is 33.9 Å². The van der Waals surface area contributed by atoms with Crippen molar-refractivity contribution in [1.82, 2.24) is 9.55 Å². The summed E-state index contributed by atoms with van der Waals surface area (Å²) in [5.74, 6) is 0.346. The van der Waals surface area contributed by atoms with E-state index in [9.17, 15) is 9.59 Å². The van der Waals surface area contributed by atoms with Crippen LogP contribution < -0.4 is 4.90 Å². The van der Waals surface area contributed by atoms with E-state index < -0.39 is 0 Å². The van der Waals surface area contributed by atoms with Gasteiger partial charge < -0.3 is 4.57 Å². The number of para-hydroxylation sites is 2. The first-order valence-corrected chi connectivity index (χ1v) is 9.04. The largest absolute Gasteiger partial charge is 0.328 e. The van der Waals surface area contributed by atoms with E-state index in [1.807, 2.05) is 61.9 Å². The zero-order valence-electron chi connectivity index (χ0n) is 14.7. The summed E-state index contributed by atoms with van der Waals surface area (Å²) >= 11 is 0.950. The number of aryl methyl sites for hydroxylation is 2. The van der Waals surface area contributed by atoms with Crippen LogP contribution in [0.1, 0.15) is 17.0 Å². The number of carbonyl (C=O) groups is 2. The molecule has 0 saturated carbocycles. The second-order valence-electron chi connectivity index (χ2n) is 6.25. The van der Waals surface area contributed by atoms with Gasteiger partial charge in [0.1, 0.15) is 5.82 Å². The molecule has 1 aromatic heterocycles. The van der Waals surface area contributed by atoms with Crippen molar-refractivity contribution in [2.24, 2.45) is 7.05 Å². The van der Waals surface area contributed by atoms with Crippen molar-refractivity contribution in [3.63, 3.8) is 0 Å². The molecule has 0 spiro atoms. The van der Waals surface area contributed by atoms with Gasteiger partial charge in [-0.25, -0.2) is 9.88 Å². The number of rotatable bonds is 2. The number of hydrogen-bond acceptors (Lipinski definition) is 4. The van der Waals surface area contributed by atoms with Crippen molar-refractivity contribution in [3.05, 3.63) is 64.3 Å². The third kappa shape index (κ3) is 2.54. The summed E-state index contributed by atoms with van der Waals surface area (Å²) in [4.78, 5) is 31.6. The second kappa shape index (κ2) is 6.14. The summed E-state index contributed by atoms with van der Waals surface area (Å²) in [7, 11) is 1.90. The lowest BCUT2D eigenvalue weighted by Crippen LogP contribution is -2.28. The Hall–Kier alpha value is -2.86. The van der Waals surface area contributed by atoms with Crippen LogP contribution in [0.25, 0.3) is 17.1 Å². The highest BCUT2D eigenvalue weighted by molar-refractivity contribution is 8.19. The summed E-state index contributed by atoms with van der Waals surface area (Å²) in [6.45, 7) is 3.89. The highest BCUT2D eigenvalue weighted by Gasteiger charge is 2.37. The Morgan fingerprint density at radius 2 is 1.81 bits per heavy atom. The predicted molar refractivity (Wildman–Crippen MR) is 105 cm³/mol. The third-order valence-corrected chi connectivity index (χ3v) is 5.56. The second-order valence-corrected chi connectivity index (χ2v) is 7.25. The Morgan fingerprint density at radius 1 is 1.04 bits per heavy atom. The van der Waals surface area contributed by atoms with Gasteiger partial charge >= 0.3 is 0 Å². The lowest BCUT2D eigenvalue weighted by atomic mass is 10.1. The van der Waals surface area contributed by atoms with Gasteiger partial charge in [-0.3, -0.25) is 9.59 Å². The van der Waals surface area contributed by atoms with Gasteiger partial charge in [0.25, 0.3) is 11.1 Å². The van der Waals surface area contributed by atoms with Crippen LogP contribution in [0, 0.1) is 13.8 Å². The monoisotopic (exact) mass is 363 g/mol. The number of carbonyl (C=O) groups excluding carboxylic acids is 2. The molecule has 0 aliphatic carbocycles. The minimum Gasteiger partial charge on any atom is -0.328 e. The predicted octanol–water partition coefficient (Wildman–Crippen LogP) is 4.43. The average molecular weight is 363 g/mol. The number of imide groups is 1. The van der Waals surface area contributed by atoms with Crippen molar-refractivity contribution >= 4 is 45.7 Å². The molecule has 2 heterocycles. The Morgan fingerprint density at radius 3 is 2.58 bits per heavy atom. The topological polar surface area (TPSA) is 55.2 Å². The molecule has 1 saturated heterocycles. The number of fused-ring (bicyclic) bond motifs is 1. The van der Waals surface area contributed by atoms with Gasteiger partial charge in [-0.2, -0.15) is 0 Å². The number of benzene rings is 2. The number of aromatic nitrogens is 2. The summed E-state index contributed by atoms with van der Waals surface area (Å²) in [5.41, 5.74) is 4.45. The van der Waals surface area contributed by atoms with Crippen LogP contribution in [-0.2, 0) is 11.8 Å². The van der Waals surface area contributed by atoms with E-state index >= 15 is 0 Å². The smallest absolute Gasteiger partial charge is 0.298 e. The molecule has 1 fully saturated rings. The average Bonchev–Trinajstić information content (AvgIpc) is 3.08. The van der Waals surface area contributed by atoms with E-state index in [1.54, 1.807) is 12.1 Å². The van der Waals surface area contributed by atoms with Gasteiger partial charge in [0.2, 0.25) is 0 Å². The lowest BCUT2D eigenvalue weighted by Gasteiger charge is -2.16. The molecule has 2 aromatic carbocycles. The van der Waals surface area contributed by atoms with E-state index in [-0.39, 0.29) is 11.1 Å². The van der Waals surface area contributed by atoms with Crippen molar-refractivity contribution in [1.29, 1.82) is 0 Å². The Balaban J connectivity index is 1.76. The quantitative estimate of drug-likeness (QED) is 0.632. The standard InChI is InChI=1S/C20H17N3O2S/c1-12-7-6-10-15(13(12)2)23-19(24)17(26-20(23)25)11-18-21-14-8-4-5-9-16(14)22(18)3/h4-11H,1-3H3/b17-11+. The van der Waals surface area contributed by atoms with Gasteiger partial charge in [-0.05, 0) is 54.9 Å². The van der Waals surface area contributed by atoms with Gasteiger partial charge in [0.05, 0.1) is 21.6 Å². The first-order chi connectivity index (χ1) is 12.5. The first-order valence-electron chi connectivity index (χ1n) is 8.23. The zero-order chi connectivity index (χ0) is 18.4. The lowest BCUT2D eigenvalue weighted by molar-refractivity contribution is -0.113. The maximum atomic E-state index is 12.9. The number of imidazole rings is 1. The molecule has 1 aliphatic rings. The molecule has 0 N–H and O–H groups in total. The van der Waals surface area contributed by atoms with E-state index in [0.29, 0.717) is 16.4 Å². The molecule has 0 bridgehead atoms. The molecule has 1 aliphatic heterocycles. The normalized spacial score (nSPS) is 16.3. The summed E-state index contributed by atoms with van der Waals surface area (Å²) in [6.07, 6.45) is 1.69. The molecule has 0 radical (unpaired) electrons. The van der Waals surface area contributed by atoms with Gasteiger partial charge in [0, 0.05) is 13.1 Å².